The zero-order chi connectivity index (χ0) is 11.7. The van der Waals surface area contributed by atoms with Crippen molar-refractivity contribution in [3.8, 4) is 0 Å². The Balaban J connectivity index is 2.00. The van der Waals surface area contributed by atoms with E-state index in [4.69, 9.17) is 5.73 Å². The molecule has 2 aromatic heterocycles. The van der Waals surface area contributed by atoms with Crippen molar-refractivity contribution in [2.45, 2.75) is 43.9 Å². The number of fused-ring (bicyclic) bond motifs is 1. The van der Waals surface area contributed by atoms with Crippen LogP contribution >= 0.6 is 11.3 Å². The zero-order valence-electron chi connectivity index (χ0n) is 9.80. The van der Waals surface area contributed by atoms with Gasteiger partial charge in [0.2, 0.25) is 4.96 Å². The molecule has 0 saturated heterocycles. The number of aromatic nitrogens is 4. The summed E-state index contributed by atoms with van der Waals surface area (Å²) in [4.78, 5) is 0.872. The highest BCUT2D eigenvalue weighted by atomic mass is 32.1. The first-order chi connectivity index (χ1) is 8.34. The molecule has 0 spiro atoms. The predicted molar refractivity (Wildman–Crippen MR) is 67.1 cm³/mol. The van der Waals surface area contributed by atoms with Crippen LogP contribution < -0.4 is 5.73 Å². The molecule has 1 aliphatic rings. The minimum atomic E-state index is 0.0852. The summed E-state index contributed by atoms with van der Waals surface area (Å²) in [5.41, 5.74) is 6.14. The van der Waals surface area contributed by atoms with Crippen LogP contribution in [0.3, 0.4) is 0 Å². The Morgan fingerprint density at radius 3 is 2.71 bits per heavy atom. The first-order valence-corrected chi connectivity index (χ1v) is 7.03. The smallest absolute Gasteiger partial charge is 0.234 e. The zero-order valence-corrected chi connectivity index (χ0v) is 10.6. The van der Waals surface area contributed by atoms with Crippen LogP contribution in [0.2, 0.25) is 0 Å². The maximum atomic E-state index is 6.05. The van der Waals surface area contributed by atoms with Crippen molar-refractivity contribution in [3.05, 3.63) is 11.3 Å². The van der Waals surface area contributed by atoms with Gasteiger partial charge in [-0.05, 0) is 12.8 Å². The molecule has 6 heteroatoms. The fourth-order valence-corrected chi connectivity index (χ4v) is 3.76. The Morgan fingerprint density at radius 1 is 1.29 bits per heavy atom. The molecule has 1 aliphatic carbocycles. The summed E-state index contributed by atoms with van der Waals surface area (Å²) in [6.45, 7) is 0.692. The van der Waals surface area contributed by atoms with Crippen LogP contribution in [-0.4, -0.2) is 26.4 Å². The van der Waals surface area contributed by atoms with Crippen LogP contribution in [0, 0.1) is 0 Å². The molecule has 0 atom stereocenters. The summed E-state index contributed by atoms with van der Waals surface area (Å²) in [5, 5.41) is 13.7. The molecule has 2 heterocycles. The van der Waals surface area contributed by atoms with Gasteiger partial charge in [-0.2, -0.15) is 9.61 Å². The molecule has 92 valence electrons. The largest absolute Gasteiger partial charge is 0.329 e. The maximum absolute atomic E-state index is 6.05. The summed E-state index contributed by atoms with van der Waals surface area (Å²) < 4.78 is 1.77. The Hall–Kier alpha value is -1.01. The van der Waals surface area contributed by atoms with E-state index in [1.54, 1.807) is 22.2 Å². The average molecular weight is 251 g/mol. The number of nitrogens with zero attached hydrogens (tertiary/aromatic N) is 4. The minimum absolute atomic E-state index is 0.0852. The van der Waals surface area contributed by atoms with E-state index < -0.39 is 0 Å². The van der Waals surface area contributed by atoms with Gasteiger partial charge in [-0.3, -0.25) is 0 Å². The monoisotopic (exact) mass is 251 g/mol. The summed E-state index contributed by atoms with van der Waals surface area (Å²) in [5.74, 6) is 0. The van der Waals surface area contributed by atoms with Gasteiger partial charge >= 0.3 is 0 Å². The maximum Gasteiger partial charge on any atom is 0.234 e. The molecule has 2 N–H and O–H groups in total. The molecule has 0 amide bonds. The summed E-state index contributed by atoms with van der Waals surface area (Å²) >= 11 is 1.64. The first-order valence-electron chi connectivity index (χ1n) is 6.21. The van der Waals surface area contributed by atoms with E-state index in [0.717, 1.165) is 22.8 Å². The van der Waals surface area contributed by atoms with Gasteiger partial charge < -0.3 is 5.73 Å². The van der Waals surface area contributed by atoms with Crippen molar-refractivity contribution in [1.82, 2.24) is 19.8 Å². The Labute approximate surface area is 104 Å². The highest BCUT2D eigenvalue weighted by Crippen LogP contribution is 2.39. The number of hydrogen-bond acceptors (Lipinski definition) is 5. The predicted octanol–water partition coefficient (Wildman–Crippen LogP) is 1.74. The third kappa shape index (κ3) is 1.85. The number of nitrogens with two attached hydrogens (primary N) is 1. The molecule has 3 rings (SSSR count). The average Bonchev–Trinajstić information content (AvgIpc) is 2.84. The lowest BCUT2D eigenvalue weighted by Crippen LogP contribution is -2.34. The standard InChI is InChI=1S/C11H17N5S/c12-7-11(5-3-1-2-4-6-11)9-15-16-8-13-14-10(16)17-9/h8H,1-7,12H2. The second kappa shape index (κ2) is 4.34. The molecule has 0 radical (unpaired) electrons. The normalized spacial score (nSPS) is 20.5. The summed E-state index contributed by atoms with van der Waals surface area (Å²) in [7, 11) is 0. The lowest BCUT2D eigenvalue weighted by Gasteiger charge is -2.28. The van der Waals surface area contributed by atoms with Gasteiger partial charge in [0.1, 0.15) is 11.3 Å². The highest BCUT2D eigenvalue weighted by molar-refractivity contribution is 7.16. The molecule has 0 unspecified atom stereocenters. The fourth-order valence-electron chi connectivity index (χ4n) is 2.68. The van der Waals surface area contributed by atoms with Crippen molar-refractivity contribution < 1.29 is 0 Å². The van der Waals surface area contributed by atoms with E-state index in [9.17, 15) is 0 Å². The third-order valence-corrected chi connectivity index (χ3v) is 4.95. The van der Waals surface area contributed by atoms with Crippen molar-refractivity contribution in [2.24, 2.45) is 5.73 Å². The number of hydrogen-bond donors (Lipinski definition) is 1. The summed E-state index contributed by atoms with van der Waals surface area (Å²) in [6, 6.07) is 0. The van der Waals surface area contributed by atoms with Crippen LogP contribution in [0.25, 0.3) is 4.96 Å². The molecule has 0 aliphatic heterocycles. The lowest BCUT2D eigenvalue weighted by molar-refractivity contribution is 0.375. The molecule has 1 saturated carbocycles. The van der Waals surface area contributed by atoms with Crippen LogP contribution in [-0.2, 0) is 5.41 Å². The lowest BCUT2D eigenvalue weighted by atomic mass is 9.81. The van der Waals surface area contributed by atoms with Crippen molar-refractivity contribution in [3.63, 3.8) is 0 Å². The fraction of sp³-hybridized carbons (Fsp3) is 0.727. The Morgan fingerprint density at radius 2 is 2.06 bits per heavy atom. The van der Waals surface area contributed by atoms with Gasteiger partial charge in [0.25, 0.3) is 0 Å². The van der Waals surface area contributed by atoms with Crippen LogP contribution in [0.15, 0.2) is 6.33 Å². The minimum Gasteiger partial charge on any atom is -0.329 e. The van der Waals surface area contributed by atoms with E-state index in [2.05, 4.69) is 15.3 Å². The molecule has 1 fully saturated rings. The van der Waals surface area contributed by atoms with Crippen molar-refractivity contribution >= 4 is 16.3 Å². The van der Waals surface area contributed by atoms with Crippen molar-refractivity contribution in [1.29, 1.82) is 0 Å². The Kier molecular flexibility index (Phi) is 2.84. The van der Waals surface area contributed by atoms with Gasteiger partial charge in [-0.25, -0.2) is 0 Å². The van der Waals surface area contributed by atoms with Gasteiger partial charge in [0.15, 0.2) is 0 Å². The molecule has 2 aromatic rings. The first kappa shape index (κ1) is 11.1. The van der Waals surface area contributed by atoms with Gasteiger partial charge in [-0.1, -0.05) is 37.0 Å². The molecule has 17 heavy (non-hydrogen) atoms. The second-order valence-corrected chi connectivity index (χ2v) is 5.82. The highest BCUT2D eigenvalue weighted by Gasteiger charge is 2.35. The molecule has 0 bridgehead atoms. The quantitative estimate of drug-likeness (QED) is 0.825. The van der Waals surface area contributed by atoms with Gasteiger partial charge in [0, 0.05) is 12.0 Å². The second-order valence-electron chi connectivity index (χ2n) is 4.86. The van der Waals surface area contributed by atoms with Gasteiger partial charge in [0.05, 0.1) is 0 Å². The van der Waals surface area contributed by atoms with E-state index in [1.165, 1.54) is 25.7 Å². The third-order valence-electron chi connectivity index (χ3n) is 3.79. The van der Waals surface area contributed by atoms with E-state index >= 15 is 0 Å². The topological polar surface area (TPSA) is 69.1 Å². The van der Waals surface area contributed by atoms with Gasteiger partial charge in [-0.15, -0.1) is 10.2 Å². The molecular formula is C11H17N5S. The molecule has 0 aromatic carbocycles. The van der Waals surface area contributed by atoms with Crippen LogP contribution in [0.5, 0.6) is 0 Å². The molecule has 5 nitrogen and oxygen atoms in total. The van der Waals surface area contributed by atoms with Crippen molar-refractivity contribution in [2.75, 3.05) is 6.54 Å². The summed E-state index contributed by atoms with van der Waals surface area (Å²) in [6.07, 6.45) is 9.16. The van der Waals surface area contributed by atoms with Crippen LogP contribution in [0.1, 0.15) is 43.5 Å². The SMILES string of the molecule is NCC1(c2nn3cnnc3s2)CCCCCC1. The number of rotatable bonds is 2. The Bertz CT molecular complexity index is 466. The van der Waals surface area contributed by atoms with E-state index in [0.29, 0.717) is 6.54 Å². The van der Waals surface area contributed by atoms with E-state index in [-0.39, 0.29) is 5.41 Å². The molecular weight excluding hydrogens is 234 g/mol. The van der Waals surface area contributed by atoms with Crippen LogP contribution in [0.4, 0.5) is 0 Å². The van der Waals surface area contributed by atoms with E-state index in [1.807, 2.05) is 0 Å².